The normalized spacial score (nSPS) is 24.2. The topological polar surface area (TPSA) is 46.6 Å². The number of likely N-dealkylation sites (tertiary alicyclic amines) is 1. The summed E-state index contributed by atoms with van der Waals surface area (Å²) >= 11 is 0. The number of hydrogen-bond donors (Lipinski definition) is 0. The highest BCUT2D eigenvalue weighted by Crippen LogP contribution is 2.22. The monoisotopic (exact) mass is 279 g/mol. The molecule has 0 bridgehead atoms. The highest BCUT2D eigenvalue weighted by molar-refractivity contribution is 5.86. The van der Waals surface area contributed by atoms with Gasteiger partial charge in [0, 0.05) is 13.0 Å². The van der Waals surface area contributed by atoms with Crippen molar-refractivity contribution < 1.29 is 14.3 Å². The average Bonchev–Trinajstić information content (AvgIpc) is 2.84. The molecule has 0 aromatic carbocycles. The number of carbonyl (C=O) groups excluding carboxylic acids is 2. The van der Waals surface area contributed by atoms with Crippen LogP contribution in [0.15, 0.2) is 12.2 Å². The summed E-state index contributed by atoms with van der Waals surface area (Å²) in [4.78, 5) is 25.9. The molecule has 0 unspecified atom stereocenters. The molecule has 4 nitrogen and oxygen atoms in total. The van der Waals surface area contributed by atoms with Crippen LogP contribution in [-0.2, 0) is 14.3 Å². The predicted molar refractivity (Wildman–Crippen MR) is 77.0 cm³/mol. The van der Waals surface area contributed by atoms with E-state index in [1.807, 2.05) is 13.8 Å². The van der Waals surface area contributed by atoms with Gasteiger partial charge in [0.25, 0.3) is 0 Å². The van der Waals surface area contributed by atoms with Gasteiger partial charge in [-0.15, -0.1) is 0 Å². The quantitative estimate of drug-likeness (QED) is 0.574. The minimum absolute atomic E-state index is 0.0845. The summed E-state index contributed by atoms with van der Waals surface area (Å²) in [6.07, 6.45) is 8.89. The van der Waals surface area contributed by atoms with Gasteiger partial charge in [-0.1, -0.05) is 26.0 Å². The fraction of sp³-hybridized carbons (Fsp3) is 0.750. The Morgan fingerprint density at radius 3 is 2.80 bits per heavy atom. The van der Waals surface area contributed by atoms with Gasteiger partial charge in [-0.25, -0.2) is 4.79 Å². The third kappa shape index (κ3) is 3.62. The van der Waals surface area contributed by atoms with Gasteiger partial charge >= 0.3 is 5.97 Å². The Labute approximate surface area is 121 Å². The maximum Gasteiger partial charge on any atom is 0.329 e. The van der Waals surface area contributed by atoms with Crippen molar-refractivity contribution in [3.05, 3.63) is 12.2 Å². The number of carbonyl (C=O) groups is 2. The SMILES string of the molecule is CC(C)[C@@H](C(=O)OC[C@H]1CC=CCC1)N1CCCC1=O. The fourth-order valence-corrected chi connectivity index (χ4v) is 3.02. The highest BCUT2D eigenvalue weighted by atomic mass is 16.5. The molecule has 2 aliphatic rings. The first-order valence-electron chi connectivity index (χ1n) is 7.70. The fourth-order valence-electron chi connectivity index (χ4n) is 3.02. The Kier molecular flexibility index (Phi) is 5.21. The third-order valence-electron chi connectivity index (χ3n) is 4.16. The van der Waals surface area contributed by atoms with Gasteiger partial charge < -0.3 is 9.64 Å². The van der Waals surface area contributed by atoms with Crippen LogP contribution in [-0.4, -0.2) is 36.0 Å². The van der Waals surface area contributed by atoms with Gasteiger partial charge in [0.05, 0.1) is 6.61 Å². The molecule has 1 fully saturated rings. The Morgan fingerprint density at radius 1 is 1.45 bits per heavy atom. The Morgan fingerprint density at radius 2 is 2.25 bits per heavy atom. The second-order valence-corrected chi connectivity index (χ2v) is 6.16. The molecule has 0 aromatic heterocycles. The number of nitrogens with zero attached hydrogens (tertiary/aromatic N) is 1. The van der Waals surface area contributed by atoms with E-state index in [1.165, 1.54) is 0 Å². The van der Waals surface area contributed by atoms with Crippen molar-refractivity contribution in [1.29, 1.82) is 0 Å². The largest absolute Gasteiger partial charge is 0.464 e. The Balaban J connectivity index is 1.90. The standard InChI is InChI=1S/C16H25NO3/c1-12(2)15(17-10-6-9-14(17)18)16(19)20-11-13-7-4-3-5-8-13/h3-4,12-13,15H,5-11H2,1-2H3/t13-,15-/m0/s1. The van der Waals surface area contributed by atoms with E-state index in [9.17, 15) is 9.59 Å². The smallest absolute Gasteiger partial charge is 0.329 e. The van der Waals surface area contributed by atoms with E-state index in [0.29, 0.717) is 25.5 Å². The summed E-state index contributed by atoms with van der Waals surface area (Å²) < 4.78 is 5.50. The van der Waals surface area contributed by atoms with Crippen LogP contribution in [0.4, 0.5) is 0 Å². The van der Waals surface area contributed by atoms with Crippen molar-refractivity contribution in [3.63, 3.8) is 0 Å². The maximum atomic E-state index is 12.3. The van der Waals surface area contributed by atoms with Crippen molar-refractivity contribution in [1.82, 2.24) is 4.90 Å². The molecule has 1 aliphatic carbocycles. The van der Waals surface area contributed by atoms with E-state index < -0.39 is 6.04 Å². The Bertz CT molecular complexity index is 389. The van der Waals surface area contributed by atoms with Crippen molar-refractivity contribution in [3.8, 4) is 0 Å². The average molecular weight is 279 g/mol. The number of rotatable bonds is 5. The van der Waals surface area contributed by atoms with Crippen LogP contribution >= 0.6 is 0 Å². The molecule has 0 spiro atoms. The van der Waals surface area contributed by atoms with E-state index in [-0.39, 0.29) is 17.8 Å². The summed E-state index contributed by atoms with van der Waals surface area (Å²) in [5.74, 6) is 0.382. The van der Waals surface area contributed by atoms with E-state index in [0.717, 1.165) is 25.7 Å². The third-order valence-corrected chi connectivity index (χ3v) is 4.16. The van der Waals surface area contributed by atoms with Crippen LogP contribution < -0.4 is 0 Å². The van der Waals surface area contributed by atoms with E-state index in [1.54, 1.807) is 4.90 Å². The molecule has 2 rings (SSSR count). The minimum atomic E-state index is -0.413. The van der Waals surface area contributed by atoms with Crippen molar-refractivity contribution >= 4 is 11.9 Å². The van der Waals surface area contributed by atoms with Crippen molar-refractivity contribution in [2.24, 2.45) is 11.8 Å². The van der Waals surface area contributed by atoms with Crippen LogP contribution in [0.1, 0.15) is 46.0 Å². The molecule has 1 aliphatic heterocycles. The molecule has 1 amide bonds. The Hall–Kier alpha value is -1.32. The molecular formula is C16H25NO3. The van der Waals surface area contributed by atoms with Gasteiger partial charge in [0.2, 0.25) is 5.91 Å². The molecule has 2 atom stereocenters. The first kappa shape index (κ1) is 15.1. The van der Waals surface area contributed by atoms with Crippen LogP contribution in [0.25, 0.3) is 0 Å². The molecular weight excluding hydrogens is 254 g/mol. The number of ether oxygens (including phenoxy) is 1. The molecule has 0 saturated carbocycles. The van der Waals surface area contributed by atoms with Crippen LogP contribution in [0.5, 0.6) is 0 Å². The second kappa shape index (κ2) is 6.91. The maximum absolute atomic E-state index is 12.3. The summed E-state index contributed by atoms with van der Waals surface area (Å²) in [7, 11) is 0. The molecule has 4 heteroatoms. The molecule has 0 aromatic rings. The van der Waals surface area contributed by atoms with Crippen molar-refractivity contribution in [2.45, 2.75) is 52.0 Å². The molecule has 20 heavy (non-hydrogen) atoms. The number of hydrogen-bond acceptors (Lipinski definition) is 3. The van der Waals surface area contributed by atoms with Gasteiger partial charge in [0.15, 0.2) is 0 Å². The summed E-state index contributed by atoms with van der Waals surface area (Å²) in [5, 5.41) is 0. The second-order valence-electron chi connectivity index (χ2n) is 6.16. The lowest BCUT2D eigenvalue weighted by atomic mass is 9.95. The zero-order chi connectivity index (χ0) is 14.5. The number of amides is 1. The molecule has 1 heterocycles. The lowest BCUT2D eigenvalue weighted by Gasteiger charge is -2.29. The molecule has 112 valence electrons. The van der Waals surface area contributed by atoms with Gasteiger partial charge in [-0.2, -0.15) is 0 Å². The van der Waals surface area contributed by atoms with Gasteiger partial charge in [0.1, 0.15) is 6.04 Å². The van der Waals surface area contributed by atoms with Crippen molar-refractivity contribution in [2.75, 3.05) is 13.2 Å². The lowest BCUT2D eigenvalue weighted by molar-refractivity contribution is -0.157. The van der Waals surface area contributed by atoms with Crippen LogP contribution in [0, 0.1) is 11.8 Å². The molecule has 0 radical (unpaired) electrons. The highest BCUT2D eigenvalue weighted by Gasteiger charge is 2.36. The van der Waals surface area contributed by atoms with Crippen LogP contribution in [0.3, 0.4) is 0 Å². The number of esters is 1. The lowest BCUT2D eigenvalue weighted by Crippen LogP contribution is -2.46. The van der Waals surface area contributed by atoms with E-state index in [4.69, 9.17) is 4.74 Å². The molecule has 1 saturated heterocycles. The summed E-state index contributed by atoms with van der Waals surface area (Å²) in [5.41, 5.74) is 0. The first-order chi connectivity index (χ1) is 9.59. The van der Waals surface area contributed by atoms with Gasteiger partial charge in [-0.05, 0) is 37.5 Å². The van der Waals surface area contributed by atoms with Gasteiger partial charge in [-0.3, -0.25) is 4.79 Å². The van der Waals surface area contributed by atoms with E-state index in [2.05, 4.69) is 12.2 Å². The zero-order valence-electron chi connectivity index (χ0n) is 12.5. The minimum Gasteiger partial charge on any atom is -0.464 e. The number of allylic oxidation sites excluding steroid dienone is 2. The summed E-state index contributed by atoms with van der Waals surface area (Å²) in [6, 6.07) is -0.413. The molecule has 0 N–H and O–H groups in total. The first-order valence-corrected chi connectivity index (χ1v) is 7.70. The van der Waals surface area contributed by atoms with E-state index >= 15 is 0 Å². The van der Waals surface area contributed by atoms with Crippen LogP contribution in [0.2, 0.25) is 0 Å². The predicted octanol–water partition coefficient (Wildman–Crippen LogP) is 2.53. The summed E-state index contributed by atoms with van der Waals surface area (Å²) in [6.45, 7) is 5.11. The zero-order valence-corrected chi connectivity index (χ0v) is 12.5.